The van der Waals surface area contributed by atoms with Gasteiger partial charge >= 0.3 is 0 Å². The maximum absolute atomic E-state index is 5.38. The van der Waals surface area contributed by atoms with Crippen molar-refractivity contribution in [2.24, 2.45) is 0 Å². The minimum atomic E-state index is 0.727. The number of aryl methyl sites for hydroxylation is 2. The van der Waals surface area contributed by atoms with Gasteiger partial charge in [-0.2, -0.15) is 0 Å². The Morgan fingerprint density at radius 3 is 2.82 bits per heavy atom. The summed E-state index contributed by atoms with van der Waals surface area (Å²) < 4.78 is 0. The molecule has 2 rings (SSSR count). The van der Waals surface area contributed by atoms with Crippen molar-refractivity contribution in [3.63, 3.8) is 0 Å². The molecule has 1 fully saturated rings. The van der Waals surface area contributed by atoms with Gasteiger partial charge in [0.05, 0.1) is 19.1 Å². The molecular formula is C18H30N3S+. The Labute approximate surface area is 140 Å². The first-order valence-corrected chi connectivity index (χ1v) is 8.94. The number of piperidine rings is 1. The first-order valence-electron chi connectivity index (χ1n) is 8.53. The summed E-state index contributed by atoms with van der Waals surface area (Å²) in [6.45, 7) is 10.2. The molecule has 0 spiro atoms. The first kappa shape index (κ1) is 17.2. The number of anilines is 1. The highest BCUT2D eigenvalue weighted by Crippen LogP contribution is 2.13. The normalized spacial score (nSPS) is 21.4. The van der Waals surface area contributed by atoms with Crippen molar-refractivity contribution >= 4 is 23.0 Å². The second-order valence-corrected chi connectivity index (χ2v) is 7.00. The van der Waals surface area contributed by atoms with Crippen LogP contribution in [0.5, 0.6) is 0 Å². The molecule has 1 aliphatic heterocycles. The van der Waals surface area contributed by atoms with Crippen molar-refractivity contribution in [1.29, 1.82) is 0 Å². The molecule has 3 N–H and O–H groups in total. The number of likely N-dealkylation sites (tertiary alicyclic amines) is 1. The Morgan fingerprint density at radius 1 is 1.27 bits per heavy atom. The zero-order valence-corrected chi connectivity index (χ0v) is 15.0. The number of hydrogen-bond acceptors (Lipinski definition) is 1. The van der Waals surface area contributed by atoms with Crippen LogP contribution in [-0.4, -0.2) is 30.8 Å². The van der Waals surface area contributed by atoms with Gasteiger partial charge in [-0.25, -0.2) is 0 Å². The van der Waals surface area contributed by atoms with Gasteiger partial charge in [0.1, 0.15) is 0 Å². The van der Waals surface area contributed by atoms with E-state index in [-0.39, 0.29) is 0 Å². The van der Waals surface area contributed by atoms with E-state index in [0.29, 0.717) is 0 Å². The fourth-order valence-electron chi connectivity index (χ4n) is 3.14. The molecule has 2 atom stereocenters. The zero-order chi connectivity index (χ0) is 15.9. The number of quaternary nitrogens is 1. The summed E-state index contributed by atoms with van der Waals surface area (Å²) in [6.07, 6.45) is 5.36. The molecule has 0 amide bonds. The third kappa shape index (κ3) is 5.25. The topological polar surface area (TPSA) is 28.5 Å². The maximum atomic E-state index is 5.38. The third-order valence-electron chi connectivity index (χ3n) is 4.81. The highest BCUT2D eigenvalue weighted by Gasteiger charge is 2.20. The third-order valence-corrected chi connectivity index (χ3v) is 5.05. The van der Waals surface area contributed by atoms with Crippen LogP contribution in [0.3, 0.4) is 0 Å². The van der Waals surface area contributed by atoms with Crippen LogP contribution in [-0.2, 0) is 0 Å². The van der Waals surface area contributed by atoms with Crippen molar-refractivity contribution in [3.05, 3.63) is 29.3 Å². The molecule has 1 saturated heterocycles. The molecule has 4 heteroatoms. The minimum absolute atomic E-state index is 0.727. The van der Waals surface area contributed by atoms with E-state index in [0.717, 1.165) is 23.4 Å². The van der Waals surface area contributed by atoms with Gasteiger partial charge in [-0.1, -0.05) is 6.07 Å². The molecule has 0 bridgehead atoms. The summed E-state index contributed by atoms with van der Waals surface area (Å²) in [5.74, 6) is 0. The predicted octanol–water partition coefficient (Wildman–Crippen LogP) is 2.44. The molecule has 0 aromatic heterocycles. The highest BCUT2D eigenvalue weighted by atomic mass is 32.1. The lowest BCUT2D eigenvalue weighted by molar-refractivity contribution is -0.928. The van der Waals surface area contributed by atoms with Gasteiger partial charge in [0.2, 0.25) is 0 Å². The summed E-state index contributed by atoms with van der Waals surface area (Å²) in [5, 5.41) is 7.32. The van der Waals surface area contributed by atoms with E-state index in [4.69, 9.17) is 12.2 Å². The van der Waals surface area contributed by atoms with Crippen LogP contribution >= 0.6 is 12.2 Å². The minimum Gasteiger partial charge on any atom is -0.362 e. The Morgan fingerprint density at radius 2 is 2.09 bits per heavy atom. The van der Waals surface area contributed by atoms with Crippen LogP contribution in [0, 0.1) is 13.8 Å². The average molecular weight is 321 g/mol. The van der Waals surface area contributed by atoms with Gasteiger partial charge in [-0.15, -0.1) is 0 Å². The zero-order valence-electron chi connectivity index (χ0n) is 14.2. The molecule has 122 valence electrons. The van der Waals surface area contributed by atoms with Crippen LogP contribution in [0.25, 0.3) is 0 Å². The molecule has 22 heavy (non-hydrogen) atoms. The van der Waals surface area contributed by atoms with Crippen molar-refractivity contribution in [2.75, 3.05) is 25.0 Å². The molecular weight excluding hydrogens is 290 g/mol. The number of nitrogens with one attached hydrogen (secondary N) is 3. The SMILES string of the molecule is Cc1ccc(NC(=S)NCCC[NH+]2CCCC[C@@H]2C)cc1C. The summed E-state index contributed by atoms with van der Waals surface area (Å²) in [7, 11) is 0. The molecule has 1 aromatic carbocycles. The Hall–Kier alpha value is -1.13. The smallest absolute Gasteiger partial charge is 0.170 e. The van der Waals surface area contributed by atoms with E-state index in [2.05, 4.69) is 49.6 Å². The lowest BCUT2D eigenvalue weighted by atomic mass is 10.0. The molecule has 0 aliphatic carbocycles. The van der Waals surface area contributed by atoms with E-state index in [9.17, 15) is 0 Å². The number of rotatable bonds is 5. The Balaban J connectivity index is 1.66. The molecule has 3 nitrogen and oxygen atoms in total. The number of benzene rings is 1. The van der Waals surface area contributed by atoms with Gasteiger partial charge in [-0.3, -0.25) is 0 Å². The van der Waals surface area contributed by atoms with Crippen molar-refractivity contribution < 1.29 is 4.90 Å². The maximum Gasteiger partial charge on any atom is 0.170 e. The van der Waals surface area contributed by atoms with E-state index < -0.39 is 0 Å². The van der Waals surface area contributed by atoms with Gasteiger partial charge in [0.25, 0.3) is 0 Å². The number of thiocarbonyl (C=S) groups is 1. The summed E-state index contributed by atoms with van der Waals surface area (Å²) in [5.41, 5.74) is 3.66. The summed E-state index contributed by atoms with van der Waals surface area (Å²) >= 11 is 5.38. The van der Waals surface area contributed by atoms with Gasteiger partial charge in [0, 0.05) is 18.7 Å². The van der Waals surface area contributed by atoms with E-state index >= 15 is 0 Å². The molecule has 0 radical (unpaired) electrons. The number of hydrogen-bond donors (Lipinski definition) is 3. The van der Waals surface area contributed by atoms with Crippen molar-refractivity contribution in [2.45, 2.75) is 52.5 Å². The average Bonchev–Trinajstić information content (AvgIpc) is 2.49. The van der Waals surface area contributed by atoms with Crippen LogP contribution in [0.1, 0.15) is 43.7 Å². The van der Waals surface area contributed by atoms with Crippen LogP contribution in [0.2, 0.25) is 0 Å². The van der Waals surface area contributed by atoms with Gasteiger partial charge < -0.3 is 15.5 Å². The van der Waals surface area contributed by atoms with Gasteiger partial charge in [0.15, 0.2) is 5.11 Å². The highest BCUT2D eigenvalue weighted by molar-refractivity contribution is 7.80. The fourth-order valence-corrected chi connectivity index (χ4v) is 3.36. The van der Waals surface area contributed by atoms with E-state index in [1.807, 2.05) is 0 Å². The second-order valence-electron chi connectivity index (χ2n) is 6.59. The molecule has 1 aromatic rings. The standard InChI is InChI=1S/C18H29N3S/c1-14-8-9-17(13-15(14)2)20-18(22)19-10-6-12-21-11-5-4-7-16(21)3/h8-9,13,16H,4-7,10-12H2,1-3H3,(H2,19,20,22)/p+1/t16-/m0/s1. The Bertz CT molecular complexity index is 501. The fraction of sp³-hybridized carbons (Fsp3) is 0.611. The van der Waals surface area contributed by atoms with Crippen LogP contribution in [0.15, 0.2) is 18.2 Å². The monoisotopic (exact) mass is 320 g/mol. The molecule has 1 unspecified atom stereocenters. The first-order chi connectivity index (χ1) is 10.6. The predicted molar refractivity (Wildman–Crippen MR) is 98.8 cm³/mol. The van der Waals surface area contributed by atoms with Crippen LogP contribution < -0.4 is 15.5 Å². The van der Waals surface area contributed by atoms with Crippen molar-refractivity contribution in [1.82, 2.24) is 5.32 Å². The largest absolute Gasteiger partial charge is 0.362 e. The summed E-state index contributed by atoms with van der Waals surface area (Å²) in [4.78, 5) is 1.76. The quantitative estimate of drug-likeness (QED) is 0.575. The van der Waals surface area contributed by atoms with E-state index in [1.165, 1.54) is 49.9 Å². The Kier molecular flexibility index (Phi) is 6.65. The molecule has 1 aliphatic rings. The summed E-state index contributed by atoms with van der Waals surface area (Å²) in [6, 6.07) is 7.18. The second kappa shape index (κ2) is 8.49. The molecule has 1 heterocycles. The van der Waals surface area contributed by atoms with Crippen molar-refractivity contribution in [3.8, 4) is 0 Å². The lowest BCUT2D eigenvalue weighted by Gasteiger charge is -2.30. The van der Waals surface area contributed by atoms with Crippen LogP contribution in [0.4, 0.5) is 5.69 Å². The molecule has 0 saturated carbocycles. The lowest BCUT2D eigenvalue weighted by Crippen LogP contribution is -3.16. The van der Waals surface area contributed by atoms with Gasteiger partial charge in [-0.05, 0) is 75.5 Å². The van der Waals surface area contributed by atoms with E-state index in [1.54, 1.807) is 4.90 Å².